The summed E-state index contributed by atoms with van der Waals surface area (Å²) in [4.78, 5) is 24.8. The van der Waals surface area contributed by atoms with Gasteiger partial charge in [0.1, 0.15) is 0 Å². The van der Waals surface area contributed by atoms with Gasteiger partial charge in [-0.3, -0.25) is 9.59 Å². The molecule has 1 atom stereocenters. The van der Waals surface area contributed by atoms with Crippen molar-refractivity contribution in [2.24, 2.45) is 5.92 Å². The van der Waals surface area contributed by atoms with Crippen molar-refractivity contribution in [1.82, 2.24) is 10.2 Å². The number of likely N-dealkylation sites (tertiary alicyclic amines) is 1. The molecule has 1 amide bonds. The molecule has 5 heteroatoms. The van der Waals surface area contributed by atoms with E-state index in [2.05, 4.69) is 5.32 Å². The summed E-state index contributed by atoms with van der Waals surface area (Å²) in [7, 11) is 0. The number of hydrogen-bond acceptors (Lipinski definition) is 3. The van der Waals surface area contributed by atoms with Crippen LogP contribution in [0.5, 0.6) is 0 Å². The number of nitrogens with one attached hydrogen (secondary N) is 1. The van der Waals surface area contributed by atoms with Crippen LogP contribution in [-0.4, -0.2) is 47.6 Å². The van der Waals surface area contributed by atoms with Gasteiger partial charge in [-0.2, -0.15) is 0 Å². The number of hydrogen-bond donors (Lipinski definition) is 2. The molecule has 2 aliphatic heterocycles. The van der Waals surface area contributed by atoms with E-state index in [0.29, 0.717) is 5.92 Å². The van der Waals surface area contributed by atoms with E-state index in [-0.39, 0.29) is 18.4 Å². The van der Waals surface area contributed by atoms with Crippen molar-refractivity contribution in [3.8, 4) is 0 Å². The van der Waals surface area contributed by atoms with E-state index in [1.54, 1.807) is 0 Å². The SMILES string of the molecule is O=C(O)CCC1CCN(C(=O)[C@@H]2CCCCN2)CC1. The molecule has 0 spiro atoms. The van der Waals surface area contributed by atoms with Crippen LogP contribution in [0.3, 0.4) is 0 Å². The van der Waals surface area contributed by atoms with Gasteiger partial charge >= 0.3 is 5.97 Å². The summed E-state index contributed by atoms with van der Waals surface area (Å²) in [5, 5.41) is 12.0. The lowest BCUT2D eigenvalue weighted by Crippen LogP contribution is -2.50. The highest BCUT2D eigenvalue weighted by atomic mass is 16.4. The van der Waals surface area contributed by atoms with Crippen LogP contribution < -0.4 is 5.32 Å². The third kappa shape index (κ3) is 4.20. The van der Waals surface area contributed by atoms with Crippen LogP contribution in [0.25, 0.3) is 0 Å². The largest absolute Gasteiger partial charge is 0.481 e. The van der Waals surface area contributed by atoms with Gasteiger partial charge in [-0.1, -0.05) is 6.42 Å². The smallest absolute Gasteiger partial charge is 0.303 e. The topological polar surface area (TPSA) is 69.6 Å². The second-order valence-corrected chi connectivity index (χ2v) is 5.70. The van der Waals surface area contributed by atoms with Crippen molar-refractivity contribution in [3.63, 3.8) is 0 Å². The van der Waals surface area contributed by atoms with Crippen LogP contribution in [0.15, 0.2) is 0 Å². The molecule has 0 saturated carbocycles. The van der Waals surface area contributed by atoms with Crippen molar-refractivity contribution in [3.05, 3.63) is 0 Å². The van der Waals surface area contributed by atoms with Gasteiger partial charge in [-0.25, -0.2) is 0 Å². The number of carboxylic acids is 1. The van der Waals surface area contributed by atoms with E-state index in [4.69, 9.17) is 5.11 Å². The Morgan fingerprint density at radius 1 is 1.16 bits per heavy atom. The number of amides is 1. The van der Waals surface area contributed by atoms with Crippen LogP contribution >= 0.6 is 0 Å². The highest BCUT2D eigenvalue weighted by Gasteiger charge is 2.28. The highest BCUT2D eigenvalue weighted by Crippen LogP contribution is 2.23. The first-order valence-corrected chi connectivity index (χ1v) is 7.41. The summed E-state index contributed by atoms with van der Waals surface area (Å²) in [6.07, 6.45) is 6.16. The maximum atomic E-state index is 12.3. The van der Waals surface area contributed by atoms with E-state index >= 15 is 0 Å². The molecule has 0 aromatic rings. The van der Waals surface area contributed by atoms with E-state index in [0.717, 1.165) is 51.7 Å². The first kappa shape index (κ1) is 14.3. The first-order valence-electron chi connectivity index (χ1n) is 7.41. The number of carboxylic acid groups (broad SMARTS) is 1. The van der Waals surface area contributed by atoms with Crippen LogP contribution in [-0.2, 0) is 9.59 Å². The number of nitrogens with zero attached hydrogens (tertiary/aromatic N) is 1. The Morgan fingerprint density at radius 3 is 2.47 bits per heavy atom. The number of carbonyl (C=O) groups excluding carboxylic acids is 1. The van der Waals surface area contributed by atoms with E-state index in [1.807, 2.05) is 4.90 Å². The molecule has 2 fully saturated rings. The third-order valence-corrected chi connectivity index (χ3v) is 4.30. The zero-order chi connectivity index (χ0) is 13.7. The number of aliphatic carboxylic acids is 1. The lowest BCUT2D eigenvalue weighted by molar-refractivity contribution is -0.138. The second kappa shape index (κ2) is 6.89. The summed E-state index contributed by atoms with van der Waals surface area (Å²) < 4.78 is 0. The van der Waals surface area contributed by atoms with Crippen molar-refractivity contribution >= 4 is 11.9 Å². The molecule has 0 aliphatic carbocycles. The number of carbonyl (C=O) groups is 2. The molecular formula is C14H24N2O3. The van der Waals surface area contributed by atoms with E-state index < -0.39 is 5.97 Å². The summed E-state index contributed by atoms with van der Waals surface area (Å²) in [5.41, 5.74) is 0. The number of rotatable bonds is 4. The van der Waals surface area contributed by atoms with Crippen molar-refractivity contribution < 1.29 is 14.7 Å². The molecule has 2 heterocycles. The average molecular weight is 268 g/mol. The minimum Gasteiger partial charge on any atom is -0.481 e. The maximum Gasteiger partial charge on any atom is 0.303 e. The fourth-order valence-electron chi connectivity index (χ4n) is 3.05. The minimum absolute atomic E-state index is 0.0179. The van der Waals surface area contributed by atoms with Crippen LogP contribution in [0.2, 0.25) is 0 Å². The summed E-state index contributed by atoms with van der Waals surface area (Å²) in [5.74, 6) is 0.000705. The Bertz CT molecular complexity index is 319. The Balaban J connectivity index is 1.72. The van der Waals surface area contributed by atoms with Crippen LogP contribution in [0.4, 0.5) is 0 Å². The van der Waals surface area contributed by atoms with Crippen LogP contribution in [0, 0.1) is 5.92 Å². The van der Waals surface area contributed by atoms with Crippen molar-refractivity contribution in [2.45, 2.75) is 51.0 Å². The van der Waals surface area contributed by atoms with Gasteiger partial charge in [0, 0.05) is 19.5 Å². The second-order valence-electron chi connectivity index (χ2n) is 5.70. The molecule has 108 valence electrons. The molecular weight excluding hydrogens is 244 g/mol. The lowest BCUT2D eigenvalue weighted by atomic mass is 9.91. The molecule has 5 nitrogen and oxygen atoms in total. The molecule has 0 radical (unpaired) electrons. The maximum absolute atomic E-state index is 12.3. The standard InChI is InChI=1S/C14H24N2O3/c17-13(18)5-4-11-6-9-16(10-7-11)14(19)12-3-1-2-8-15-12/h11-12,15H,1-10H2,(H,17,18)/t12-/m0/s1. The fraction of sp³-hybridized carbons (Fsp3) is 0.857. The van der Waals surface area contributed by atoms with Gasteiger partial charge in [-0.05, 0) is 44.6 Å². The van der Waals surface area contributed by atoms with Gasteiger partial charge < -0.3 is 15.3 Å². The van der Waals surface area contributed by atoms with Gasteiger partial charge in [0.15, 0.2) is 0 Å². The lowest BCUT2D eigenvalue weighted by Gasteiger charge is -2.35. The molecule has 0 aromatic heterocycles. The van der Waals surface area contributed by atoms with Crippen molar-refractivity contribution in [2.75, 3.05) is 19.6 Å². The summed E-state index contributed by atoms with van der Waals surface area (Å²) in [6.45, 7) is 2.54. The molecule has 0 bridgehead atoms. The molecule has 19 heavy (non-hydrogen) atoms. The molecule has 2 N–H and O–H groups in total. The summed E-state index contributed by atoms with van der Waals surface area (Å²) >= 11 is 0. The molecule has 2 rings (SSSR count). The Hall–Kier alpha value is -1.10. The monoisotopic (exact) mass is 268 g/mol. The van der Waals surface area contributed by atoms with Gasteiger partial charge in [-0.15, -0.1) is 0 Å². The third-order valence-electron chi connectivity index (χ3n) is 4.30. The highest BCUT2D eigenvalue weighted by molar-refractivity contribution is 5.82. The summed E-state index contributed by atoms with van der Waals surface area (Å²) in [6, 6.07) is 0.0179. The zero-order valence-corrected chi connectivity index (χ0v) is 11.4. The van der Waals surface area contributed by atoms with Gasteiger partial charge in [0.05, 0.1) is 6.04 Å². The Morgan fingerprint density at radius 2 is 1.89 bits per heavy atom. The van der Waals surface area contributed by atoms with Crippen molar-refractivity contribution in [1.29, 1.82) is 0 Å². The van der Waals surface area contributed by atoms with E-state index in [1.165, 1.54) is 6.42 Å². The van der Waals surface area contributed by atoms with E-state index in [9.17, 15) is 9.59 Å². The van der Waals surface area contributed by atoms with Crippen LogP contribution in [0.1, 0.15) is 44.9 Å². The molecule has 2 saturated heterocycles. The Labute approximate surface area is 114 Å². The number of piperidine rings is 2. The first-order chi connectivity index (χ1) is 9.16. The molecule has 2 aliphatic rings. The quantitative estimate of drug-likeness (QED) is 0.804. The predicted molar refractivity (Wildman–Crippen MR) is 71.8 cm³/mol. The minimum atomic E-state index is -0.718. The predicted octanol–water partition coefficient (Wildman–Crippen LogP) is 1.23. The normalized spacial score (nSPS) is 25.3. The average Bonchev–Trinajstić information content (AvgIpc) is 2.46. The molecule has 0 unspecified atom stereocenters. The molecule has 0 aromatic carbocycles. The van der Waals surface area contributed by atoms with Gasteiger partial charge in [0.25, 0.3) is 0 Å². The van der Waals surface area contributed by atoms with Gasteiger partial charge in [0.2, 0.25) is 5.91 Å². The Kier molecular flexibility index (Phi) is 5.19. The fourth-order valence-corrected chi connectivity index (χ4v) is 3.05. The zero-order valence-electron chi connectivity index (χ0n) is 11.4.